The highest BCUT2D eigenvalue weighted by atomic mass is 35.5. The lowest BCUT2D eigenvalue weighted by Gasteiger charge is -2.49. The van der Waals surface area contributed by atoms with Crippen LogP contribution in [0.3, 0.4) is 0 Å². The predicted octanol–water partition coefficient (Wildman–Crippen LogP) is 8.47. The molecular weight excluding hydrogens is 778 g/mol. The average molecular weight is 812 g/mol. The quantitative estimate of drug-likeness (QED) is 0.0787. The number of hydrogen-bond donors (Lipinski definition) is 1. The summed E-state index contributed by atoms with van der Waals surface area (Å²) in [5, 5.41) is 31.4. The molecule has 12 nitrogen and oxygen atoms in total. The van der Waals surface area contributed by atoms with E-state index in [1.54, 1.807) is 32.2 Å². The summed E-state index contributed by atoms with van der Waals surface area (Å²) >= 11 is 7.87. The number of nitro groups is 1. The summed E-state index contributed by atoms with van der Waals surface area (Å²) in [6.45, 7) is 3.76. The maximum Gasteiger partial charge on any atom is 0.271 e. The van der Waals surface area contributed by atoms with Gasteiger partial charge in [0.2, 0.25) is 23.6 Å². The van der Waals surface area contributed by atoms with Gasteiger partial charge in [0.25, 0.3) is 5.69 Å². The number of amides is 4. The number of rotatable bonds is 5. The molecule has 4 aliphatic rings. The van der Waals surface area contributed by atoms with Gasteiger partial charge in [0.1, 0.15) is 17.3 Å². The number of non-ortho nitro benzene ring substituents is 1. The third-order valence-electron chi connectivity index (χ3n) is 13.0. The largest absolute Gasteiger partial charge is 0.507 e. The van der Waals surface area contributed by atoms with Crippen molar-refractivity contribution in [2.45, 2.75) is 32.6 Å². The van der Waals surface area contributed by atoms with Crippen LogP contribution < -0.4 is 9.80 Å². The molecule has 14 heteroatoms. The van der Waals surface area contributed by atoms with Crippen molar-refractivity contribution in [1.29, 1.82) is 0 Å². The van der Waals surface area contributed by atoms with Crippen molar-refractivity contribution in [1.82, 2.24) is 9.78 Å². The van der Waals surface area contributed by atoms with Gasteiger partial charge in [0.05, 0.1) is 38.7 Å². The van der Waals surface area contributed by atoms with Crippen molar-refractivity contribution >= 4 is 84.6 Å². The van der Waals surface area contributed by atoms with Crippen LogP contribution in [0.2, 0.25) is 5.02 Å². The van der Waals surface area contributed by atoms with E-state index in [4.69, 9.17) is 16.7 Å². The van der Waals surface area contributed by atoms with Crippen LogP contribution in [0, 0.1) is 46.1 Å². The molecule has 4 amide bonds. The van der Waals surface area contributed by atoms with Gasteiger partial charge < -0.3 is 5.11 Å². The standard InChI is InChI=1S/C44H34ClN5O7S/c1-21-30-17-23(45)12-16-34(30)58-39(21)33-20-35(47(3)46-33)49-41(53)32-19-31-27(37(44(32,2)43(49)55)29-13-11-22-7-4-5-10-26(22)38(29)51)14-15-28-36(31)42(54)48(40(28)52)24-8-6-9-25(18-24)50(56)57/h4-14,16-18,20,28,31-32,36-37,51H,15,19H2,1-3H3/t28-,31+,32-,36-,37+,44+/m0/s1. The van der Waals surface area contributed by atoms with Gasteiger partial charge in [-0.25, -0.2) is 9.80 Å². The average Bonchev–Trinajstić information content (AvgIpc) is 3.88. The first kappa shape index (κ1) is 36.2. The first-order valence-corrected chi connectivity index (χ1v) is 20.1. The van der Waals surface area contributed by atoms with Crippen LogP contribution in [0.25, 0.3) is 31.4 Å². The van der Waals surface area contributed by atoms with Crippen molar-refractivity contribution in [2.75, 3.05) is 9.80 Å². The van der Waals surface area contributed by atoms with E-state index in [0.29, 0.717) is 27.2 Å². The number of nitrogens with zero attached hydrogens (tertiary/aromatic N) is 5. The zero-order valence-corrected chi connectivity index (χ0v) is 33.0. The fourth-order valence-electron chi connectivity index (χ4n) is 10.3. The van der Waals surface area contributed by atoms with Gasteiger partial charge >= 0.3 is 0 Å². The number of carbonyl (C=O) groups excluding carboxylic acids is 4. The third kappa shape index (κ3) is 4.89. The Morgan fingerprint density at radius 1 is 0.914 bits per heavy atom. The molecule has 3 fully saturated rings. The summed E-state index contributed by atoms with van der Waals surface area (Å²) in [7, 11) is 1.69. The second-order valence-corrected chi connectivity index (χ2v) is 17.4. The second kappa shape index (κ2) is 12.7. The third-order valence-corrected chi connectivity index (χ3v) is 14.6. The van der Waals surface area contributed by atoms with E-state index < -0.39 is 63.6 Å². The molecule has 290 valence electrons. The molecule has 0 radical (unpaired) electrons. The normalized spacial score (nSPS) is 25.4. The smallest absolute Gasteiger partial charge is 0.271 e. The second-order valence-electron chi connectivity index (χ2n) is 15.9. The van der Waals surface area contributed by atoms with Gasteiger partial charge in [-0.3, -0.25) is 34.0 Å². The van der Waals surface area contributed by atoms with Gasteiger partial charge in [0.15, 0.2) is 0 Å². The molecule has 6 atom stereocenters. The first-order valence-electron chi connectivity index (χ1n) is 18.9. The van der Waals surface area contributed by atoms with Gasteiger partial charge in [-0.2, -0.15) is 5.10 Å². The highest BCUT2D eigenvalue weighted by Crippen LogP contribution is 2.65. The number of aryl methyl sites for hydroxylation is 2. The summed E-state index contributed by atoms with van der Waals surface area (Å²) in [5.41, 5.74) is 1.15. The number of halogens is 1. The Labute approximate surface area is 340 Å². The number of nitro benzene ring substituents is 1. The number of allylic oxidation sites excluding steroid dienone is 2. The molecule has 0 bridgehead atoms. The molecule has 10 rings (SSSR count). The lowest BCUT2D eigenvalue weighted by molar-refractivity contribution is -0.384. The van der Waals surface area contributed by atoms with Crippen LogP contribution in [-0.4, -0.2) is 43.4 Å². The lowest BCUT2D eigenvalue weighted by atomic mass is 9.51. The molecule has 58 heavy (non-hydrogen) atoms. The Balaban J connectivity index is 1.11. The van der Waals surface area contributed by atoms with E-state index in [1.807, 2.05) is 55.5 Å². The highest BCUT2D eigenvalue weighted by Gasteiger charge is 2.68. The van der Waals surface area contributed by atoms with Crippen LogP contribution >= 0.6 is 22.9 Å². The molecule has 2 aliphatic carbocycles. The number of hydrogen-bond acceptors (Lipinski definition) is 9. The van der Waals surface area contributed by atoms with Gasteiger partial charge in [-0.15, -0.1) is 11.3 Å². The minimum atomic E-state index is -1.41. The summed E-state index contributed by atoms with van der Waals surface area (Å²) in [6, 6.07) is 23.9. The molecule has 0 spiro atoms. The Kier molecular flexibility index (Phi) is 7.90. The monoisotopic (exact) mass is 811 g/mol. The van der Waals surface area contributed by atoms with E-state index >= 15 is 9.59 Å². The first-order chi connectivity index (χ1) is 27.8. The van der Waals surface area contributed by atoms with Crippen molar-refractivity contribution in [3.63, 3.8) is 0 Å². The molecular formula is C44H34ClN5O7S. The number of aromatic nitrogens is 2. The molecule has 2 aromatic heterocycles. The van der Waals surface area contributed by atoms with Crippen molar-refractivity contribution in [3.8, 4) is 16.3 Å². The van der Waals surface area contributed by atoms with Crippen molar-refractivity contribution in [3.05, 3.63) is 123 Å². The van der Waals surface area contributed by atoms with Crippen LogP contribution in [0.1, 0.15) is 36.8 Å². The topological polar surface area (TPSA) is 156 Å². The van der Waals surface area contributed by atoms with E-state index in [2.05, 4.69) is 0 Å². The lowest BCUT2D eigenvalue weighted by Crippen LogP contribution is -2.49. The Hall–Kier alpha value is -6.18. The van der Waals surface area contributed by atoms with E-state index in [9.17, 15) is 24.8 Å². The summed E-state index contributed by atoms with van der Waals surface area (Å²) < 4.78 is 2.55. The minimum absolute atomic E-state index is 0.0272. The number of aromatic hydroxyl groups is 1. The highest BCUT2D eigenvalue weighted by molar-refractivity contribution is 7.22. The number of benzene rings is 4. The van der Waals surface area contributed by atoms with Crippen LogP contribution in [0.4, 0.5) is 17.2 Å². The van der Waals surface area contributed by atoms with Gasteiger partial charge in [-0.05, 0) is 73.2 Å². The molecule has 6 aromatic rings. The number of anilines is 2. The molecule has 4 aromatic carbocycles. The number of imide groups is 2. The van der Waals surface area contributed by atoms with E-state index in [1.165, 1.54) is 45.2 Å². The van der Waals surface area contributed by atoms with Crippen molar-refractivity contribution in [2.24, 2.45) is 36.1 Å². The van der Waals surface area contributed by atoms with Crippen molar-refractivity contribution < 1.29 is 29.2 Å². The van der Waals surface area contributed by atoms with Gasteiger partial charge in [-0.1, -0.05) is 65.7 Å². The molecule has 0 unspecified atom stereocenters. The van der Waals surface area contributed by atoms with E-state index in [-0.39, 0.29) is 35.8 Å². The Morgan fingerprint density at radius 3 is 2.50 bits per heavy atom. The maximum absolute atomic E-state index is 15.3. The Morgan fingerprint density at radius 2 is 1.71 bits per heavy atom. The molecule has 1 saturated carbocycles. The van der Waals surface area contributed by atoms with Crippen LogP contribution in [-0.2, 0) is 26.2 Å². The zero-order chi connectivity index (χ0) is 40.5. The van der Waals surface area contributed by atoms with Gasteiger partial charge in [0, 0.05) is 51.8 Å². The van der Waals surface area contributed by atoms with Crippen LogP contribution in [0.15, 0.2) is 96.6 Å². The summed E-state index contributed by atoms with van der Waals surface area (Å²) in [6.07, 6.45) is 2.18. The molecule has 4 heterocycles. The van der Waals surface area contributed by atoms with Crippen LogP contribution in [0.5, 0.6) is 5.75 Å². The number of carbonyl (C=O) groups is 4. The Bertz CT molecular complexity index is 2900. The molecule has 2 saturated heterocycles. The fraction of sp³-hybridized carbons (Fsp3) is 0.250. The number of phenols is 1. The minimum Gasteiger partial charge on any atom is -0.507 e. The predicted molar refractivity (Wildman–Crippen MR) is 220 cm³/mol. The summed E-state index contributed by atoms with van der Waals surface area (Å²) in [4.78, 5) is 73.1. The number of phenolic OH excluding ortho intramolecular Hbond substituents is 1. The zero-order valence-electron chi connectivity index (χ0n) is 31.4. The van der Waals surface area contributed by atoms with E-state index in [0.717, 1.165) is 30.8 Å². The number of fused-ring (bicyclic) bond motifs is 6. The maximum atomic E-state index is 15.3. The number of thiophene rings is 1. The SMILES string of the molecule is Cc1c(-c2cc(N3C(=O)[C@@H]4C[C@@H]5C(=CC[C@@H]6C(=O)N(c7cccc([N+](=O)[O-])c7)C(=O)[C@@H]65)[C@H](c5ccc6ccccc6c5O)[C@]4(C)C3=O)n(C)n2)sc2ccc(Cl)cc12. The molecule has 2 aliphatic heterocycles. The molecule has 1 N–H and O–H groups in total. The fourth-order valence-corrected chi connectivity index (χ4v) is 11.6. The summed E-state index contributed by atoms with van der Waals surface area (Å²) in [5.74, 6) is -5.76.